The average Bonchev–Trinajstić information content (AvgIpc) is 2.39. The van der Waals surface area contributed by atoms with Gasteiger partial charge in [-0.15, -0.1) is 0 Å². The summed E-state index contributed by atoms with van der Waals surface area (Å²) in [4.78, 5) is 10.1. The highest BCUT2D eigenvalue weighted by Crippen LogP contribution is 2.27. The Bertz CT molecular complexity index is 593. The van der Waals surface area contributed by atoms with Crippen LogP contribution in [0, 0.1) is 16.5 Å². The second-order valence-electron chi connectivity index (χ2n) is 4.08. The largest absolute Gasteiger partial charge is 0.508 e. The Morgan fingerprint density at radius 3 is 2.42 bits per heavy atom. The van der Waals surface area contributed by atoms with Crippen LogP contribution in [-0.2, 0) is 6.42 Å². The predicted octanol–water partition coefficient (Wildman–Crippen LogP) is 2.80. The van der Waals surface area contributed by atoms with Crippen LogP contribution in [0.4, 0.5) is 5.69 Å². The number of nitro groups is 1. The minimum Gasteiger partial charge on any atom is -0.508 e. The summed E-state index contributed by atoms with van der Waals surface area (Å²) in [6.07, 6.45) is 2.40. The third kappa shape index (κ3) is 3.22. The molecule has 0 saturated carbocycles. The van der Waals surface area contributed by atoms with Gasteiger partial charge in [-0.25, -0.2) is 0 Å². The van der Waals surface area contributed by atoms with Crippen LogP contribution < -0.4 is 0 Å². The van der Waals surface area contributed by atoms with Gasteiger partial charge in [-0.2, -0.15) is 0 Å². The van der Waals surface area contributed by atoms with Crippen molar-refractivity contribution < 1.29 is 15.1 Å². The van der Waals surface area contributed by atoms with Crippen LogP contribution in [0.5, 0.6) is 11.5 Å². The molecule has 2 aromatic rings. The molecule has 0 saturated heterocycles. The Hall–Kier alpha value is -2.56. The molecule has 0 aromatic heterocycles. The van der Waals surface area contributed by atoms with Gasteiger partial charge in [0, 0.05) is 6.07 Å². The summed E-state index contributed by atoms with van der Waals surface area (Å²) in [5.74, 6) is -0.143. The quantitative estimate of drug-likeness (QED) is 0.652. The number of nitro benzene ring substituents is 1. The van der Waals surface area contributed by atoms with Gasteiger partial charge in [-0.05, 0) is 42.2 Å². The lowest BCUT2D eigenvalue weighted by molar-refractivity contribution is -0.385. The molecule has 0 bridgehead atoms. The summed E-state index contributed by atoms with van der Waals surface area (Å²) in [5, 5.41) is 29.2. The molecule has 0 fully saturated rings. The summed E-state index contributed by atoms with van der Waals surface area (Å²) in [6.45, 7) is 0. The Morgan fingerprint density at radius 1 is 1.11 bits per heavy atom. The van der Waals surface area contributed by atoms with Crippen molar-refractivity contribution in [3.63, 3.8) is 0 Å². The molecule has 0 aliphatic heterocycles. The summed E-state index contributed by atoms with van der Waals surface area (Å²) in [6, 6.07) is 11.0. The molecule has 5 nitrogen and oxygen atoms in total. The normalized spacial score (nSPS) is 10.3. The Balaban J connectivity index is 2.09. The van der Waals surface area contributed by atoms with E-state index in [0.29, 0.717) is 12.0 Å². The van der Waals surface area contributed by atoms with Gasteiger partial charge in [0.1, 0.15) is 5.75 Å². The van der Waals surface area contributed by atoms with E-state index in [4.69, 9.17) is 5.11 Å². The fourth-order valence-electron chi connectivity index (χ4n) is 1.68. The van der Waals surface area contributed by atoms with E-state index in [1.165, 1.54) is 12.1 Å². The average molecular weight is 258 g/mol. The van der Waals surface area contributed by atoms with Crippen LogP contribution in [-0.4, -0.2) is 15.1 Å². The maximum atomic E-state index is 10.7. The molecule has 97 valence electrons. The van der Waals surface area contributed by atoms with Gasteiger partial charge in [-0.3, -0.25) is 10.1 Å². The highest BCUT2D eigenvalue weighted by molar-refractivity contribution is 5.49. The first-order valence-corrected chi connectivity index (χ1v) is 5.65. The number of hydrogen-bond donors (Lipinski definition) is 2. The summed E-state index contributed by atoms with van der Waals surface area (Å²) in [5.41, 5.74) is 1.34. The van der Waals surface area contributed by atoms with Crippen LogP contribution in [0.25, 0.3) is 0 Å². The molecule has 19 heavy (non-hydrogen) atoms. The highest BCUT2D eigenvalue weighted by atomic mass is 16.6. The smallest absolute Gasteiger partial charge is 0.310 e. The molecule has 0 aliphatic rings. The summed E-state index contributed by atoms with van der Waals surface area (Å²) < 4.78 is 0. The lowest BCUT2D eigenvalue weighted by Gasteiger charge is -2.03. The van der Waals surface area contributed by atoms with Gasteiger partial charge in [-0.1, -0.05) is 18.2 Å². The van der Waals surface area contributed by atoms with Crippen molar-refractivity contribution in [3.05, 3.63) is 70.1 Å². The zero-order chi connectivity index (χ0) is 13.8. The van der Waals surface area contributed by atoms with Crippen molar-refractivity contribution in [2.45, 2.75) is 6.42 Å². The van der Waals surface area contributed by atoms with E-state index in [2.05, 4.69) is 0 Å². The fraction of sp³-hybridized carbons (Fsp3) is 0.0714. The molecular formula is C14H12NO4. The zero-order valence-electron chi connectivity index (χ0n) is 9.98. The number of phenols is 2. The first kappa shape index (κ1) is 12.9. The number of aromatic hydroxyl groups is 2. The third-order valence-electron chi connectivity index (χ3n) is 2.71. The van der Waals surface area contributed by atoms with Gasteiger partial charge < -0.3 is 10.2 Å². The Kier molecular flexibility index (Phi) is 3.66. The highest BCUT2D eigenvalue weighted by Gasteiger charge is 2.13. The van der Waals surface area contributed by atoms with Crippen LogP contribution in [0.2, 0.25) is 0 Å². The van der Waals surface area contributed by atoms with Crippen molar-refractivity contribution in [2.24, 2.45) is 0 Å². The summed E-state index contributed by atoms with van der Waals surface area (Å²) in [7, 11) is 0. The molecule has 0 amide bonds. The number of benzene rings is 2. The van der Waals surface area contributed by atoms with Crippen molar-refractivity contribution in [2.75, 3.05) is 0 Å². The molecule has 2 rings (SSSR count). The van der Waals surface area contributed by atoms with Crippen molar-refractivity contribution in [1.29, 1.82) is 0 Å². The summed E-state index contributed by atoms with van der Waals surface area (Å²) >= 11 is 0. The maximum absolute atomic E-state index is 10.7. The Labute approximate surface area is 109 Å². The van der Waals surface area contributed by atoms with Crippen LogP contribution in [0.15, 0.2) is 42.5 Å². The van der Waals surface area contributed by atoms with Crippen LogP contribution in [0.1, 0.15) is 11.1 Å². The predicted molar refractivity (Wildman–Crippen MR) is 70.0 cm³/mol. The molecule has 2 aromatic carbocycles. The van der Waals surface area contributed by atoms with E-state index >= 15 is 0 Å². The van der Waals surface area contributed by atoms with Gasteiger partial charge in [0.05, 0.1) is 4.92 Å². The monoisotopic (exact) mass is 258 g/mol. The third-order valence-corrected chi connectivity index (χ3v) is 2.71. The molecule has 0 unspecified atom stereocenters. The van der Waals surface area contributed by atoms with Crippen molar-refractivity contribution in [3.8, 4) is 11.5 Å². The zero-order valence-corrected chi connectivity index (χ0v) is 9.98. The molecule has 0 heterocycles. The number of hydrogen-bond acceptors (Lipinski definition) is 4. The van der Waals surface area contributed by atoms with E-state index in [1.807, 2.05) is 6.42 Å². The SMILES string of the molecule is O=[N+]([O-])c1cc([CH]Cc2ccc(O)cc2)ccc1O. The minimum absolute atomic E-state index is 0.198. The van der Waals surface area contributed by atoms with E-state index < -0.39 is 4.92 Å². The Morgan fingerprint density at radius 2 is 1.79 bits per heavy atom. The van der Waals surface area contributed by atoms with E-state index in [1.54, 1.807) is 30.3 Å². The standard InChI is InChI=1S/C14H12NO4/c16-12-6-3-10(4-7-12)1-2-11-5-8-14(17)13(9-11)15(18)19/h2-9,16-17H,1H2. The molecule has 0 spiro atoms. The minimum atomic E-state index is -0.618. The van der Waals surface area contributed by atoms with Gasteiger partial charge in [0.25, 0.3) is 0 Å². The fourth-order valence-corrected chi connectivity index (χ4v) is 1.68. The maximum Gasteiger partial charge on any atom is 0.310 e. The first-order valence-electron chi connectivity index (χ1n) is 5.65. The van der Waals surface area contributed by atoms with Crippen molar-refractivity contribution in [1.82, 2.24) is 0 Å². The van der Waals surface area contributed by atoms with Gasteiger partial charge in [0.2, 0.25) is 0 Å². The molecule has 1 radical (unpaired) electrons. The first-order chi connectivity index (χ1) is 9.06. The van der Waals surface area contributed by atoms with E-state index in [0.717, 1.165) is 5.56 Å². The van der Waals surface area contributed by atoms with Crippen LogP contribution in [0.3, 0.4) is 0 Å². The van der Waals surface area contributed by atoms with Crippen LogP contribution >= 0.6 is 0 Å². The number of phenolic OH excluding ortho intramolecular Hbond substituents is 2. The second kappa shape index (κ2) is 5.39. The lowest BCUT2D eigenvalue weighted by atomic mass is 10.0. The molecular weight excluding hydrogens is 246 g/mol. The second-order valence-corrected chi connectivity index (χ2v) is 4.08. The van der Waals surface area contributed by atoms with E-state index in [9.17, 15) is 15.2 Å². The number of nitrogens with zero attached hydrogens (tertiary/aromatic N) is 1. The van der Waals surface area contributed by atoms with Gasteiger partial charge in [0.15, 0.2) is 5.75 Å². The lowest BCUT2D eigenvalue weighted by Crippen LogP contribution is -1.92. The molecule has 0 aliphatic carbocycles. The molecule has 0 atom stereocenters. The molecule has 2 N–H and O–H groups in total. The molecule has 5 heteroatoms. The topological polar surface area (TPSA) is 83.6 Å². The number of rotatable bonds is 4. The van der Waals surface area contributed by atoms with Gasteiger partial charge >= 0.3 is 5.69 Å². The van der Waals surface area contributed by atoms with E-state index in [-0.39, 0.29) is 17.2 Å². The van der Waals surface area contributed by atoms with Crippen molar-refractivity contribution >= 4 is 5.69 Å².